The average Bonchev–Trinajstić information content (AvgIpc) is 3.13. The van der Waals surface area contributed by atoms with Gasteiger partial charge in [-0.3, -0.25) is 4.79 Å². The Kier molecular flexibility index (Phi) is 5.63. The number of furan rings is 1. The molecule has 29 heavy (non-hydrogen) atoms. The number of hydrogen-bond acceptors (Lipinski definition) is 3. The van der Waals surface area contributed by atoms with Gasteiger partial charge in [0.2, 0.25) is 0 Å². The second-order valence-electron chi connectivity index (χ2n) is 7.74. The summed E-state index contributed by atoms with van der Waals surface area (Å²) in [5.41, 5.74) is 4.17. The summed E-state index contributed by atoms with van der Waals surface area (Å²) in [7, 11) is 4.05. The van der Waals surface area contributed by atoms with Crippen LogP contribution in [0.25, 0.3) is 12.2 Å². The first-order valence-electron chi connectivity index (χ1n) is 9.96. The van der Waals surface area contributed by atoms with E-state index in [1.807, 2.05) is 61.5 Å². The first-order chi connectivity index (χ1) is 14.1. The second-order valence-corrected chi connectivity index (χ2v) is 7.74. The lowest BCUT2D eigenvalue weighted by Crippen LogP contribution is -2.35. The van der Waals surface area contributed by atoms with Crippen LogP contribution in [0.15, 0.2) is 65.1 Å². The van der Waals surface area contributed by atoms with E-state index in [-0.39, 0.29) is 5.91 Å². The number of fused-ring (bicyclic) bond motifs is 1. The maximum Gasteiger partial charge on any atom is 0.254 e. The van der Waals surface area contributed by atoms with Crippen molar-refractivity contribution in [3.8, 4) is 0 Å². The molecule has 0 bridgehead atoms. The summed E-state index contributed by atoms with van der Waals surface area (Å²) in [5.74, 6) is 1.94. The number of hydrogen-bond donors (Lipinski definition) is 0. The summed E-state index contributed by atoms with van der Waals surface area (Å²) < 4.78 is 5.98. The van der Waals surface area contributed by atoms with Crippen molar-refractivity contribution < 1.29 is 9.21 Å². The predicted octanol–water partition coefficient (Wildman–Crippen LogP) is 4.71. The summed E-state index contributed by atoms with van der Waals surface area (Å²) >= 11 is 0. The van der Waals surface area contributed by atoms with Gasteiger partial charge in [0.1, 0.15) is 11.5 Å². The minimum absolute atomic E-state index is 0.0554. The number of amides is 1. The molecule has 3 aromatic rings. The van der Waals surface area contributed by atoms with Crippen LogP contribution in [0.4, 0.5) is 0 Å². The van der Waals surface area contributed by atoms with Gasteiger partial charge in [-0.25, -0.2) is 0 Å². The van der Waals surface area contributed by atoms with Gasteiger partial charge in [-0.05, 0) is 55.4 Å². The predicted molar refractivity (Wildman–Crippen MR) is 116 cm³/mol. The number of benzene rings is 2. The van der Waals surface area contributed by atoms with Gasteiger partial charge in [0.05, 0.1) is 13.1 Å². The zero-order chi connectivity index (χ0) is 20.2. The number of carbonyl (C=O) groups is 1. The smallest absolute Gasteiger partial charge is 0.254 e. The highest BCUT2D eigenvalue weighted by molar-refractivity contribution is 5.94. The van der Waals surface area contributed by atoms with E-state index in [0.717, 1.165) is 42.2 Å². The van der Waals surface area contributed by atoms with Crippen LogP contribution in [0.2, 0.25) is 0 Å². The maximum absolute atomic E-state index is 12.9. The normalized spacial score (nSPS) is 13.8. The van der Waals surface area contributed by atoms with Gasteiger partial charge in [-0.15, -0.1) is 0 Å². The minimum atomic E-state index is 0.0554. The van der Waals surface area contributed by atoms with E-state index < -0.39 is 0 Å². The Morgan fingerprint density at radius 1 is 1.03 bits per heavy atom. The number of nitrogens with zero attached hydrogens (tertiary/aromatic N) is 2. The van der Waals surface area contributed by atoms with Crippen molar-refractivity contribution in [3.63, 3.8) is 0 Å². The zero-order valence-corrected chi connectivity index (χ0v) is 17.0. The van der Waals surface area contributed by atoms with E-state index in [1.54, 1.807) is 0 Å². The summed E-state index contributed by atoms with van der Waals surface area (Å²) in [4.78, 5) is 16.9. The molecule has 0 saturated heterocycles. The Morgan fingerprint density at radius 3 is 2.41 bits per heavy atom. The lowest BCUT2D eigenvalue weighted by Gasteiger charge is -2.26. The Labute approximate surface area is 172 Å². The molecule has 1 aliphatic rings. The van der Waals surface area contributed by atoms with E-state index in [1.165, 1.54) is 5.56 Å². The molecule has 1 amide bonds. The van der Waals surface area contributed by atoms with E-state index in [2.05, 4.69) is 35.3 Å². The average molecular weight is 386 g/mol. The largest absolute Gasteiger partial charge is 0.463 e. The molecule has 0 unspecified atom stereocenters. The molecule has 1 aromatic heterocycles. The first kappa shape index (κ1) is 19.2. The summed E-state index contributed by atoms with van der Waals surface area (Å²) in [6.45, 7) is 2.04. The van der Waals surface area contributed by atoms with Crippen LogP contribution < -0.4 is 0 Å². The summed E-state index contributed by atoms with van der Waals surface area (Å²) in [6.07, 6.45) is 4.98. The Bertz CT molecular complexity index is 1000. The highest BCUT2D eigenvalue weighted by Gasteiger charge is 2.25. The molecular weight excluding hydrogens is 360 g/mol. The quantitative estimate of drug-likeness (QED) is 0.596. The van der Waals surface area contributed by atoms with Crippen LogP contribution in [0.1, 0.15) is 38.6 Å². The molecule has 2 heterocycles. The van der Waals surface area contributed by atoms with Crippen LogP contribution in [-0.4, -0.2) is 36.3 Å². The third kappa shape index (κ3) is 4.66. The standard InChI is InChI=1S/C25H26N2O2/c1-26(2)17-23-16-22-14-15-27(18-24(22)29-23)25(28)21-12-10-20(11-13-21)9-8-19-6-4-3-5-7-19/h3-13,16H,14-15,17-18H2,1-2H3/b9-8-. The highest BCUT2D eigenvalue weighted by atomic mass is 16.3. The SMILES string of the molecule is CN(C)Cc1cc2c(o1)CN(C(=O)c1ccc(/C=C\c3ccccc3)cc1)CC2. The molecule has 0 aliphatic carbocycles. The van der Waals surface area contributed by atoms with Crippen LogP contribution in [0, 0.1) is 0 Å². The fourth-order valence-corrected chi connectivity index (χ4v) is 3.62. The van der Waals surface area contributed by atoms with Gasteiger partial charge in [0.15, 0.2) is 0 Å². The molecule has 4 heteroatoms. The van der Waals surface area contributed by atoms with E-state index in [4.69, 9.17) is 4.42 Å². The van der Waals surface area contributed by atoms with E-state index in [0.29, 0.717) is 12.1 Å². The summed E-state index contributed by atoms with van der Waals surface area (Å²) in [6, 6.07) is 20.1. The van der Waals surface area contributed by atoms with Crippen molar-refractivity contribution >= 4 is 18.1 Å². The molecule has 4 rings (SSSR count). The second kappa shape index (κ2) is 8.50. The Morgan fingerprint density at radius 2 is 1.72 bits per heavy atom. The lowest BCUT2D eigenvalue weighted by molar-refractivity contribution is 0.0718. The van der Waals surface area contributed by atoms with E-state index >= 15 is 0 Å². The van der Waals surface area contributed by atoms with Gasteiger partial charge in [-0.2, -0.15) is 0 Å². The Balaban J connectivity index is 1.42. The van der Waals surface area contributed by atoms with Crippen LogP contribution in [0.5, 0.6) is 0 Å². The van der Waals surface area contributed by atoms with E-state index in [9.17, 15) is 4.79 Å². The molecule has 2 aromatic carbocycles. The molecule has 0 radical (unpaired) electrons. The van der Waals surface area contributed by atoms with Crippen molar-refractivity contribution in [2.24, 2.45) is 0 Å². The molecule has 148 valence electrons. The number of rotatable bonds is 5. The third-order valence-corrected chi connectivity index (χ3v) is 5.12. The van der Waals surface area contributed by atoms with Crippen molar-refractivity contribution in [2.45, 2.75) is 19.5 Å². The fraction of sp³-hybridized carbons (Fsp3) is 0.240. The molecule has 0 N–H and O–H groups in total. The van der Waals surface area contributed by atoms with Gasteiger partial charge in [0.25, 0.3) is 5.91 Å². The van der Waals surface area contributed by atoms with Gasteiger partial charge >= 0.3 is 0 Å². The maximum atomic E-state index is 12.9. The molecule has 0 saturated carbocycles. The van der Waals surface area contributed by atoms with Crippen LogP contribution in [0.3, 0.4) is 0 Å². The first-order valence-corrected chi connectivity index (χ1v) is 9.96. The van der Waals surface area contributed by atoms with Gasteiger partial charge in [0, 0.05) is 12.1 Å². The van der Waals surface area contributed by atoms with Crippen molar-refractivity contribution in [2.75, 3.05) is 20.6 Å². The Hall–Kier alpha value is -3.11. The third-order valence-electron chi connectivity index (χ3n) is 5.12. The minimum Gasteiger partial charge on any atom is -0.463 e. The van der Waals surface area contributed by atoms with Gasteiger partial charge in [-0.1, -0.05) is 54.6 Å². The van der Waals surface area contributed by atoms with Gasteiger partial charge < -0.3 is 14.2 Å². The molecule has 1 aliphatic heterocycles. The van der Waals surface area contributed by atoms with Crippen molar-refractivity contribution in [3.05, 3.63) is 94.4 Å². The van der Waals surface area contributed by atoms with Crippen molar-refractivity contribution in [1.29, 1.82) is 0 Å². The summed E-state index contributed by atoms with van der Waals surface area (Å²) in [5, 5.41) is 0. The molecule has 0 spiro atoms. The topological polar surface area (TPSA) is 36.7 Å². The van der Waals surface area contributed by atoms with Crippen molar-refractivity contribution in [1.82, 2.24) is 9.80 Å². The molecule has 4 nitrogen and oxygen atoms in total. The fourth-order valence-electron chi connectivity index (χ4n) is 3.62. The molecule has 0 fully saturated rings. The number of carbonyl (C=O) groups excluding carboxylic acids is 1. The lowest BCUT2D eigenvalue weighted by atomic mass is 10.1. The highest BCUT2D eigenvalue weighted by Crippen LogP contribution is 2.25. The monoisotopic (exact) mass is 386 g/mol. The molecule has 0 atom stereocenters. The molecular formula is C25H26N2O2. The zero-order valence-electron chi connectivity index (χ0n) is 17.0. The van der Waals surface area contributed by atoms with Crippen LogP contribution >= 0.6 is 0 Å². The van der Waals surface area contributed by atoms with Crippen LogP contribution in [-0.2, 0) is 19.5 Å².